The molecule has 0 spiro atoms. The Morgan fingerprint density at radius 2 is 2.06 bits per heavy atom. The molecule has 4 heteroatoms. The highest BCUT2D eigenvalue weighted by Gasteiger charge is 2.14. The zero-order valence-corrected chi connectivity index (χ0v) is 9.36. The molecule has 1 aromatic carbocycles. The third-order valence-corrected chi connectivity index (χ3v) is 2.59. The quantitative estimate of drug-likeness (QED) is 0.822. The molecule has 0 saturated heterocycles. The van der Waals surface area contributed by atoms with Gasteiger partial charge >= 0.3 is 0 Å². The van der Waals surface area contributed by atoms with Crippen molar-refractivity contribution in [2.45, 2.75) is 12.5 Å². The van der Waals surface area contributed by atoms with Crippen LogP contribution in [0.15, 0.2) is 24.3 Å². The smallest absolute Gasteiger partial charge is 0.123 e. The number of rotatable bonds is 5. The maximum atomic E-state index is 12.8. The lowest BCUT2D eigenvalue weighted by atomic mass is 10.1. The van der Waals surface area contributed by atoms with E-state index in [9.17, 15) is 4.39 Å². The molecule has 0 aliphatic carbocycles. The Bertz CT molecular complexity index is 356. The van der Waals surface area contributed by atoms with Crippen LogP contribution in [0.1, 0.15) is 18.0 Å². The summed E-state index contributed by atoms with van der Waals surface area (Å²) in [6.45, 7) is 1.11. The minimum atomic E-state index is -0.251. The molecule has 1 atom stereocenters. The van der Waals surface area contributed by atoms with E-state index in [1.807, 2.05) is 11.9 Å². The van der Waals surface area contributed by atoms with Gasteiger partial charge in [-0.25, -0.2) is 4.39 Å². The van der Waals surface area contributed by atoms with E-state index >= 15 is 0 Å². The molecule has 2 N–H and O–H groups in total. The molecule has 0 aliphatic rings. The van der Waals surface area contributed by atoms with Crippen LogP contribution in [0.3, 0.4) is 0 Å². The van der Waals surface area contributed by atoms with Gasteiger partial charge in [0.05, 0.1) is 6.07 Å². The lowest BCUT2D eigenvalue weighted by Gasteiger charge is -2.26. The van der Waals surface area contributed by atoms with Gasteiger partial charge in [-0.2, -0.15) is 5.26 Å². The monoisotopic (exact) mass is 221 g/mol. The van der Waals surface area contributed by atoms with Crippen molar-refractivity contribution in [3.63, 3.8) is 0 Å². The molecule has 0 bridgehead atoms. The minimum absolute atomic E-state index is 0.0361. The summed E-state index contributed by atoms with van der Waals surface area (Å²) in [7, 11) is 1.91. The molecule has 0 saturated carbocycles. The SMILES string of the molecule is CN(CCC#N)C(CN)c1ccc(F)cc1. The summed E-state index contributed by atoms with van der Waals surface area (Å²) in [4.78, 5) is 2.01. The van der Waals surface area contributed by atoms with E-state index in [1.54, 1.807) is 12.1 Å². The van der Waals surface area contributed by atoms with Gasteiger partial charge in [0.2, 0.25) is 0 Å². The standard InChI is InChI=1S/C12H16FN3/c1-16(8-2-7-14)12(9-15)10-3-5-11(13)6-4-10/h3-6,12H,2,8-9,15H2,1H3. The highest BCUT2D eigenvalue weighted by molar-refractivity contribution is 5.20. The lowest BCUT2D eigenvalue weighted by molar-refractivity contribution is 0.255. The average molecular weight is 221 g/mol. The Kier molecular flexibility index (Phi) is 4.90. The zero-order chi connectivity index (χ0) is 12.0. The van der Waals surface area contributed by atoms with Gasteiger partial charge in [-0.15, -0.1) is 0 Å². The second-order valence-electron chi connectivity index (χ2n) is 3.69. The van der Waals surface area contributed by atoms with Crippen molar-refractivity contribution in [1.29, 1.82) is 5.26 Å². The molecule has 1 unspecified atom stereocenters. The Morgan fingerprint density at radius 3 is 2.56 bits per heavy atom. The second kappa shape index (κ2) is 6.21. The van der Waals surface area contributed by atoms with Crippen molar-refractivity contribution < 1.29 is 4.39 Å². The number of halogens is 1. The van der Waals surface area contributed by atoms with Crippen LogP contribution in [0.4, 0.5) is 4.39 Å². The summed E-state index contributed by atoms with van der Waals surface area (Å²) < 4.78 is 12.8. The topological polar surface area (TPSA) is 53.0 Å². The van der Waals surface area contributed by atoms with E-state index < -0.39 is 0 Å². The average Bonchev–Trinajstić information content (AvgIpc) is 2.30. The summed E-state index contributed by atoms with van der Waals surface area (Å²) in [5.74, 6) is -0.251. The third kappa shape index (κ3) is 3.30. The summed E-state index contributed by atoms with van der Waals surface area (Å²) in [5, 5.41) is 8.52. The van der Waals surface area contributed by atoms with Crippen LogP contribution in [0.25, 0.3) is 0 Å². The fraction of sp³-hybridized carbons (Fsp3) is 0.417. The molecule has 86 valence electrons. The van der Waals surface area contributed by atoms with Crippen molar-refractivity contribution in [3.8, 4) is 6.07 Å². The molecule has 0 aromatic heterocycles. The van der Waals surface area contributed by atoms with Crippen molar-refractivity contribution in [3.05, 3.63) is 35.6 Å². The minimum Gasteiger partial charge on any atom is -0.329 e. The van der Waals surface area contributed by atoms with Crippen LogP contribution in [0.2, 0.25) is 0 Å². The number of nitrogens with two attached hydrogens (primary N) is 1. The van der Waals surface area contributed by atoms with Crippen LogP contribution in [-0.4, -0.2) is 25.0 Å². The summed E-state index contributed by atoms with van der Waals surface area (Å²) in [5.41, 5.74) is 6.67. The molecule has 3 nitrogen and oxygen atoms in total. The molecule has 16 heavy (non-hydrogen) atoms. The molecule has 1 aromatic rings. The first kappa shape index (κ1) is 12.6. The van der Waals surface area contributed by atoms with Crippen LogP contribution in [0.5, 0.6) is 0 Å². The maximum Gasteiger partial charge on any atom is 0.123 e. The van der Waals surface area contributed by atoms with Crippen LogP contribution < -0.4 is 5.73 Å². The fourth-order valence-electron chi connectivity index (χ4n) is 1.64. The number of hydrogen-bond acceptors (Lipinski definition) is 3. The van der Waals surface area contributed by atoms with Gasteiger partial charge in [0.1, 0.15) is 5.82 Å². The predicted octanol–water partition coefficient (Wildman–Crippen LogP) is 1.67. The van der Waals surface area contributed by atoms with Crippen LogP contribution in [-0.2, 0) is 0 Å². The first-order valence-corrected chi connectivity index (χ1v) is 5.21. The molecule has 0 fully saturated rings. The van der Waals surface area contributed by atoms with Gasteiger partial charge in [-0.05, 0) is 24.7 Å². The Balaban J connectivity index is 2.74. The Labute approximate surface area is 95.3 Å². The first-order chi connectivity index (χ1) is 7.69. The molecule has 0 radical (unpaired) electrons. The van der Waals surface area contributed by atoms with Crippen LogP contribution in [0, 0.1) is 17.1 Å². The first-order valence-electron chi connectivity index (χ1n) is 5.21. The fourth-order valence-corrected chi connectivity index (χ4v) is 1.64. The van der Waals surface area contributed by atoms with Crippen molar-refractivity contribution in [2.75, 3.05) is 20.1 Å². The van der Waals surface area contributed by atoms with E-state index in [0.29, 0.717) is 19.5 Å². The van der Waals surface area contributed by atoms with E-state index in [1.165, 1.54) is 12.1 Å². The maximum absolute atomic E-state index is 12.8. The lowest BCUT2D eigenvalue weighted by Crippen LogP contribution is -2.31. The van der Waals surface area contributed by atoms with E-state index in [2.05, 4.69) is 6.07 Å². The number of nitriles is 1. The number of nitrogens with zero attached hydrogens (tertiary/aromatic N) is 2. The number of benzene rings is 1. The number of hydrogen-bond donors (Lipinski definition) is 1. The molecule has 0 heterocycles. The molecular weight excluding hydrogens is 205 g/mol. The highest BCUT2D eigenvalue weighted by Crippen LogP contribution is 2.18. The molecule has 0 amide bonds. The Morgan fingerprint density at radius 1 is 1.44 bits per heavy atom. The van der Waals surface area contributed by atoms with Gasteiger partial charge in [0, 0.05) is 25.6 Å². The summed E-state index contributed by atoms with van der Waals surface area (Å²) in [6, 6.07) is 8.45. The van der Waals surface area contributed by atoms with E-state index in [4.69, 9.17) is 11.0 Å². The van der Waals surface area contributed by atoms with E-state index in [0.717, 1.165) is 5.56 Å². The summed E-state index contributed by atoms with van der Waals surface area (Å²) in [6.07, 6.45) is 0.466. The summed E-state index contributed by atoms with van der Waals surface area (Å²) >= 11 is 0. The van der Waals surface area contributed by atoms with Crippen molar-refractivity contribution in [2.24, 2.45) is 5.73 Å². The molecular formula is C12H16FN3. The largest absolute Gasteiger partial charge is 0.329 e. The highest BCUT2D eigenvalue weighted by atomic mass is 19.1. The van der Waals surface area contributed by atoms with Crippen molar-refractivity contribution >= 4 is 0 Å². The van der Waals surface area contributed by atoms with Gasteiger partial charge < -0.3 is 5.73 Å². The van der Waals surface area contributed by atoms with Crippen molar-refractivity contribution in [1.82, 2.24) is 4.90 Å². The number of likely N-dealkylation sites (N-methyl/N-ethyl adjacent to an activating group) is 1. The van der Waals surface area contributed by atoms with Gasteiger partial charge in [0.25, 0.3) is 0 Å². The van der Waals surface area contributed by atoms with Crippen LogP contribution >= 0.6 is 0 Å². The van der Waals surface area contributed by atoms with Gasteiger partial charge in [-0.3, -0.25) is 4.90 Å². The van der Waals surface area contributed by atoms with Gasteiger partial charge in [0.15, 0.2) is 0 Å². The third-order valence-electron chi connectivity index (χ3n) is 2.59. The molecule has 0 aliphatic heterocycles. The zero-order valence-electron chi connectivity index (χ0n) is 9.36. The normalized spacial score (nSPS) is 12.4. The van der Waals surface area contributed by atoms with E-state index in [-0.39, 0.29) is 11.9 Å². The van der Waals surface area contributed by atoms with Gasteiger partial charge in [-0.1, -0.05) is 12.1 Å². The second-order valence-corrected chi connectivity index (χ2v) is 3.69. The Hall–Kier alpha value is -1.44. The molecule has 1 rings (SSSR count). The predicted molar refractivity (Wildman–Crippen MR) is 61.1 cm³/mol.